The first-order valence-corrected chi connectivity index (χ1v) is 9.06. The van der Waals surface area contributed by atoms with Gasteiger partial charge in [0.05, 0.1) is 16.5 Å². The number of carbonyl (C=O) groups excluding carboxylic acids is 1. The number of anilines is 1. The van der Waals surface area contributed by atoms with Gasteiger partial charge in [-0.15, -0.1) is 0 Å². The summed E-state index contributed by atoms with van der Waals surface area (Å²) in [6, 6.07) is 7.94. The average molecular weight is 389 g/mol. The van der Waals surface area contributed by atoms with E-state index >= 15 is 0 Å². The van der Waals surface area contributed by atoms with Crippen LogP contribution in [0, 0.1) is 11.6 Å². The summed E-state index contributed by atoms with van der Waals surface area (Å²) in [5.41, 5.74) is 0.242. The SMILES string of the molecule is CCN(CC(=O)Nc1ccc(F)c(Cl)c1)S(=O)(=O)c1ccc(F)cc1. The Hall–Kier alpha value is -2.03. The van der Waals surface area contributed by atoms with Crippen LogP contribution in [0.5, 0.6) is 0 Å². The molecule has 5 nitrogen and oxygen atoms in total. The summed E-state index contributed by atoms with van der Waals surface area (Å²) in [6.45, 7) is 1.16. The van der Waals surface area contributed by atoms with Crippen molar-refractivity contribution in [3.8, 4) is 0 Å². The van der Waals surface area contributed by atoms with Crippen molar-refractivity contribution in [3.05, 3.63) is 59.1 Å². The maximum Gasteiger partial charge on any atom is 0.243 e. The number of amides is 1. The van der Waals surface area contributed by atoms with Crippen LogP contribution in [0.1, 0.15) is 6.92 Å². The van der Waals surface area contributed by atoms with E-state index in [0.717, 1.165) is 34.6 Å². The van der Waals surface area contributed by atoms with E-state index in [2.05, 4.69) is 5.32 Å². The molecule has 1 N–H and O–H groups in total. The Morgan fingerprint density at radius 2 is 1.80 bits per heavy atom. The number of hydrogen-bond acceptors (Lipinski definition) is 3. The van der Waals surface area contributed by atoms with E-state index < -0.39 is 34.1 Å². The standard InChI is InChI=1S/C16H15ClF2N2O3S/c1-2-21(25(23,24)13-6-3-11(18)4-7-13)10-16(22)20-12-5-8-15(19)14(17)9-12/h3-9H,2,10H2,1H3,(H,20,22). The van der Waals surface area contributed by atoms with Gasteiger partial charge in [0, 0.05) is 12.2 Å². The topological polar surface area (TPSA) is 66.5 Å². The van der Waals surface area contributed by atoms with Crippen molar-refractivity contribution in [2.24, 2.45) is 0 Å². The fraction of sp³-hybridized carbons (Fsp3) is 0.188. The van der Waals surface area contributed by atoms with E-state index in [9.17, 15) is 22.0 Å². The number of likely N-dealkylation sites (N-methyl/N-ethyl adjacent to an activating group) is 1. The van der Waals surface area contributed by atoms with Crippen LogP contribution in [0.2, 0.25) is 5.02 Å². The fourth-order valence-electron chi connectivity index (χ4n) is 2.06. The summed E-state index contributed by atoms with van der Waals surface area (Å²) in [5.74, 6) is -1.81. The molecular weight excluding hydrogens is 374 g/mol. The molecule has 0 saturated heterocycles. The molecule has 2 rings (SSSR count). The molecule has 134 valence electrons. The number of nitrogens with one attached hydrogen (secondary N) is 1. The molecule has 0 aliphatic rings. The van der Waals surface area contributed by atoms with Gasteiger partial charge in [0.25, 0.3) is 0 Å². The maximum absolute atomic E-state index is 13.1. The molecule has 0 fully saturated rings. The van der Waals surface area contributed by atoms with E-state index in [1.165, 1.54) is 12.1 Å². The second kappa shape index (κ2) is 7.90. The van der Waals surface area contributed by atoms with E-state index in [-0.39, 0.29) is 22.2 Å². The number of rotatable bonds is 6. The molecule has 9 heteroatoms. The highest BCUT2D eigenvalue weighted by molar-refractivity contribution is 7.89. The van der Waals surface area contributed by atoms with Crippen molar-refractivity contribution in [1.82, 2.24) is 4.31 Å². The Morgan fingerprint density at radius 3 is 2.36 bits per heavy atom. The van der Waals surface area contributed by atoms with Crippen LogP contribution in [0.4, 0.5) is 14.5 Å². The van der Waals surface area contributed by atoms with Crippen LogP contribution in [0.15, 0.2) is 47.4 Å². The second-order valence-corrected chi connectivity index (χ2v) is 7.41. The van der Waals surface area contributed by atoms with Crippen LogP contribution in [0.3, 0.4) is 0 Å². The molecule has 0 aliphatic carbocycles. The molecule has 0 radical (unpaired) electrons. The Labute approximate surface area is 149 Å². The first-order valence-electron chi connectivity index (χ1n) is 7.24. The van der Waals surface area contributed by atoms with Gasteiger partial charge in [-0.05, 0) is 42.5 Å². The average Bonchev–Trinajstić information content (AvgIpc) is 2.56. The Bertz CT molecular complexity index is 873. The van der Waals surface area contributed by atoms with Gasteiger partial charge in [-0.1, -0.05) is 18.5 Å². The highest BCUT2D eigenvalue weighted by Gasteiger charge is 2.25. The molecule has 2 aromatic carbocycles. The van der Waals surface area contributed by atoms with E-state index in [4.69, 9.17) is 11.6 Å². The van der Waals surface area contributed by atoms with Crippen LogP contribution in [0.25, 0.3) is 0 Å². The van der Waals surface area contributed by atoms with Gasteiger partial charge in [0.2, 0.25) is 15.9 Å². The van der Waals surface area contributed by atoms with Crippen molar-refractivity contribution in [3.63, 3.8) is 0 Å². The zero-order valence-electron chi connectivity index (χ0n) is 13.2. The first-order chi connectivity index (χ1) is 11.7. The number of halogens is 3. The Morgan fingerprint density at radius 1 is 1.16 bits per heavy atom. The second-order valence-electron chi connectivity index (χ2n) is 5.06. The van der Waals surface area contributed by atoms with Crippen molar-refractivity contribution < 1.29 is 22.0 Å². The van der Waals surface area contributed by atoms with Gasteiger partial charge < -0.3 is 5.32 Å². The zero-order valence-corrected chi connectivity index (χ0v) is 14.7. The lowest BCUT2D eigenvalue weighted by Gasteiger charge is -2.20. The molecule has 2 aromatic rings. The molecule has 0 bridgehead atoms. The highest BCUT2D eigenvalue weighted by Crippen LogP contribution is 2.20. The molecule has 0 unspecified atom stereocenters. The molecule has 0 aliphatic heterocycles. The van der Waals surface area contributed by atoms with E-state index in [0.29, 0.717) is 0 Å². The lowest BCUT2D eigenvalue weighted by atomic mass is 10.3. The predicted molar refractivity (Wildman–Crippen MR) is 90.9 cm³/mol. The highest BCUT2D eigenvalue weighted by atomic mass is 35.5. The molecule has 0 saturated carbocycles. The summed E-state index contributed by atoms with van der Waals surface area (Å²) >= 11 is 5.63. The molecule has 25 heavy (non-hydrogen) atoms. The van der Waals surface area contributed by atoms with Gasteiger partial charge in [-0.3, -0.25) is 4.79 Å². The maximum atomic E-state index is 13.1. The first kappa shape index (κ1) is 19.3. The predicted octanol–water partition coefficient (Wildman–Crippen LogP) is 3.27. The molecular formula is C16H15ClF2N2O3S. The van der Waals surface area contributed by atoms with Gasteiger partial charge in [-0.25, -0.2) is 17.2 Å². The van der Waals surface area contributed by atoms with Crippen LogP contribution < -0.4 is 5.32 Å². The minimum atomic E-state index is -3.95. The summed E-state index contributed by atoms with van der Waals surface area (Å²) in [5, 5.41) is 2.29. The smallest absolute Gasteiger partial charge is 0.243 e. The van der Waals surface area contributed by atoms with Crippen molar-refractivity contribution in [1.29, 1.82) is 0 Å². The normalized spacial score (nSPS) is 11.6. The lowest BCUT2D eigenvalue weighted by Crippen LogP contribution is -2.37. The number of hydrogen-bond donors (Lipinski definition) is 1. The van der Waals surface area contributed by atoms with Gasteiger partial charge in [0.1, 0.15) is 11.6 Å². The van der Waals surface area contributed by atoms with Crippen molar-refractivity contribution in [2.45, 2.75) is 11.8 Å². The fourth-order valence-corrected chi connectivity index (χ4v) is 3.64. The third-order valence-electron chi connectivity index (χ3n) is 3.33. The number of carbonyl (C=O) groups is 1. The van der Waals surface area contributed by atoms with Crippen LogP contribution >= 0.6 is 11.6 Å². The third-order valence-corrected chi connectivity index (χ3v) is 5.55. The summed E-state index contributed by atoms with van der Waals surface area (Å²) < 4.78 is 52.0. The van der Waals surface area contributed by atoms with Gasteiger partial charge in [0.15, 0.2) is 0 Å². The Balaban J connectivity index is 2.13. The monoisotopic (exact) mass is 388 g/mol. The molecule has 0 aromatic heterocycles. The third kappa shape index (κ3) is 4.75. The number of nitrogens with zero attached hydrogens (tertiary/aromatic N) is 1. The van der Waals surface area contributed by atoms with Gasteiger partial charge >= 0.3 is 0 Å². The van der Waals surface area contributed by atoms with Crippen LogP contribution in [-0.4, -0.2) is 31.7 Å². The number of sulfonamides is 1. The summed E-state index contributed by atoms with van der Waals surface area (Å²) in [4.78, 5) is 12.0. The summed E-state index contributed by atoms with van der Waals surface area (Å²) in [6.07, 6.45) is 0. The van der Waals surface area contributed by atoms with E-state index in [1.807, 2.05) is 0 Å². The van der Waals surface area contributed by atoms with Crippen LogP contribution in [-0.2, 0) is 14.8 Å². The molecule has 0 spiro atoms. The minimum absolute atomic E-state index is 0.0390. The Kier molecular flexibility index (Phi) is 6.10. The minimum Gasteiger partial charge on any atom is -0.325 e. The van der Waals surface area contributed by atoms with Crippen molar-refractivity contribution >= 4 is 33.2 Å². The largest absolute Gasteiger partial charge is 0.325 e. The zero-order chi connectivity index (χ0) is 18.6. The summed E-state index contributed by atoms with van der Waals surface area (Å²) in [7, 11) is -3.95. The quantitative estimate of drug-likeness (QED) is 0.825. The van der Waals surface area contributed by atoms with Crippen molar-refractivity contribution in [2.75, 3.05) is 18.4 Å². The number of benzene rings is 2. The van der Waals surface area contributed by atoms with Gasteiger partial charge in [-0.2, -0.15) is 4.31 Å². The molecule has 0 heterocycles. The lowest BCUT2D eigenvalue weighted by molar-refractivity contribution is -0.116. The van der Waals surface area contributed by atoms with E-state index in [1.54, 1.807) is 6.92 Å². The molecule has 0 atom stereocenters. The molecule has 1 amide bonds.